The molecule has 1 aliphatic carbocycles. The molecule has 1 saturated carbocycles. The van der Waals surface area contributed by atoms with Crippen LogP contribution in [0.15, 0.2) is 11.8 Å². The molecule has 3 nitrogen and oxygen atoms in total. The average Bonchev–Trinajstić information content (AvgIpc) is 2.81. The number of nitriles is 1. The molecule has 0 atom stereocenters. The van der Waals surface area contributed by atoms with E-state index in [1.54, 1.807) is 6.20 Å². The Kier molecular flexibility index (Phi) is 1.95. The number of allylic oxidation sites excluding steroid dienone is 1. The van der Waals surface area contributed by atoms with E-state index in [2.05, 4.69) is 11.4 Å². The zero-order valence-electron chi connectivity index (χ0n) is 6.52. The zero-order chi connectivity index (χ0) is 8.32. The summed E-state index contributed by atoms with van der Waals surface area (Å²) in [6.45, 7) is 1.83. The SMILES string of the molecule is C/C(C=N)=C/NC1(C#N)CC1. The summed E-state index contributed by atoms with van der Waals surface area (Å²) in [5.74, 6) is 0. The molecule has 1 rings (SSSR count). The molecule has 0 aromatic carbocycles. The van der Waals surface area contributed by atoms with Crippen LogP contribution in [0, 0.1) is 16.7 Å². The lowest BCUT2D eigenvalue weighted by Crippen LogP contribution is -2.24. The number of nitrogens with one attached hydrogen (secondary N) is 2. The fraction of sp³-hybridized carbons (Fsp3) is 0.500. The summed E-state index contributed by atoms with van der Waals surface area (Å²) < 4.78 is 0. The van der Waals surface area contributed by atoms with Crippen molar-refractivity contribution in [1.29, 1.82) is 10.7 Å². The maximum atomic E-state index is 8.64. The molecule has 1 fully saturated rings. The maximum Gasteiger partial charge on any atom is 0.125 e. The van der Waals surface area contributed by atoms with Crippen LogP contribution in [0.5, 0.6) is 0 Å². The van der Waals surface area contributed by atoms with Crippen LogP contribution in [0.1, 0.15) is 19.8 Å². The Balaban J connectivity index is 2.45. The number of hydrogen-bond donors (Lipinski definition) is 2. The molecule has 0 saturated heterocycles. The van der Waals surface area contributed by atoms with Crippen molar-refractivity contribution in [2.45, 2.75) is 25.3 Å². The largest absolute Gasteiger partial charge is 0.373 e. The van der Waals surface area contributed by atoms with E-state index in [0.717, 1.165) is 18.4 Å². The first-order chi connectivity index (χ1) is 5.22. The van der Waals surface area contributed by atoms with E-state index in [-0.39, 0.29) is 5.54 Å². The molecule has 2 N–H and O–H groups in total. The van der Waals surface area contributed by atoms with E-state index in [4.69, 9.17) is 10.7 Å². The van der Waals surface area contributed by atoms with Gasteiger partial charge in [-0.1, -0.05) is 0 Å². The second-order valence-electron chi connectivity index (χ2n) is 2.87. The lowest BCUT2D eigenvalue weighted by atomic mass is 10.3. The molecule has 0 radical (unpaired) electrons. The summed E-state index contributed by atoms with van der Waals surface area (Å²) in [4.78, 5) is 0. The van der Waals surface area contributed by atoms with E-state index in [1.807, 2.05) is 6.92 Å². The summed E-state index contributed by atoms with van der Waals surface area (Å²) >= 11 is 0. The number of nitrogens with zero attached hydrogens (tertiary/aromatic N) is 1. The predicted octanol–water partition coefficient (Wildman–Crippen LogP) is 1.19. The minimum absolute atomic E-state index is 0.301. The topological polar surface area (TPSA) is 59.7 Å². The van der Waals surface area contributed by atoms with Crippen molar-refractivity contribution in [2.75, 3.05) is 0 Å². The van der Waals surface area contributed by atoms with Crippen LogP contribution in [0.3, 0.4) is 0 Å². The van der Waals surface area contributed by atoms with Crippen molar-refractivity contribution < 1.29 is 0 Å². The Labute approximate surface area is 66.2 Å². The highest BCUT2D eigenvalue weighted by Gasteiger charge is 2.42. The van der Waals surface area contributed by atoms with Gasteiger partial charge in [0.1, 0.15) is 5.54 Å². The smallest absolute Gasteiger partial charge is 0.125 e. The zero-order valence-corrected chi connectivity index (χ0v) is 6.52. The molecule has 11 heavy (non-hydrogen) atoms. The van der Waals surface area contributed by atoms with Crippen molar-refractivity contribution in [1.82, 2.24) is 5.32 Å². The molecule has 0 aromatic heterocycles. The lowest BCUT2D eigenvalue weighted by Gasteiger charge is -2.04. The van der Waals surface area contributed by atoms with Gasteiger partial charge in [0.15, 0.2) is 0 Å². The second kappa shape index (κ2) is 2.75. The maximum absolute atomic E-state index is 8.64. The first kappa shape index (κ1) is 7.80. The van der Waals surface area contributed by atoms with Gasteiger partial charge in [0, 0.05) is 12.4 Å². The molecule has 0 aromatic rings. The molecule has 0 aliphatic heterocycles. The van der Waals surface area contributed by atoms with Gasteiger partial charge in [0.25, 0.3) is 0 Å². The van der Waals surface area contributed by atoms with Crippen LogP contribution < -0.4 is 5.32 Å². The van der Waals surface area contributed by atoms with E-state index in [0.29, 0.717) is 0 Å². The lowest BCUT2D eigenvalue weighted by molar-refractivity contribution is 0.719. The molecule has 1 aliphatic rings. The Morgan fingerprint density at radius 3 is 2.73 bits per heavy atom. The molecule has 0 amide bonds. The Hall–Kier alpha value is -1.30. The van der Waals surface area contributed by atoms with Crippen LogP contribution in [0.2, 0.25) is 0 Å². The van der Waals surface area contributed by atoms with Gasteiger partial charge < -0.3 is 10.7 Å². The minimum atomic E-state index is -0.301. The third-order valence-electron chi connectivity index (χ3n) is 1.77. The molecular weight excluding hydrogens is 138 g/mol. The highest BCUT2D eigenvalue weighted by Crippen LogP contribution is 2.34. The summed E-state index contributed by atoms with van der Waals surface area (Å²) in [6, 6.07) is 2.20. The highest BCUT2D eigenvalue weighted by molar-refractivity contribution is 5.74. The van der Waals surface area contributed by atoms with E-state index < -0.39 is 0 Å². The van der Waals surface area contributed by atoms with Gasteiger partial charge in [-0.3, -0.25) is 0 Å². The molecular formula is C8H11N3. The predicted molar refractivity (Wildman–Crippen MR) is 43.3 cm³/mol. The molecule has 0 bridgehead atoms. The normalized spacial score (nSPS) is 20.2. The number of hydrogen-bond acceptors (Lipinski definition) is 3. The van der Waals surface area contributed by atoms with Crippen molar-refractivity contribution in [3.63, 3.8) is 0 Å². The Morgan fingerprint density at radius 2 is 2.36 bits per heavy atom. The van der Waals surface area contributed by atoms with Crippen molar-refractivity contribution in [3.05, 3.63) is 11.8 Å². The molecule has 58 valence electrons. The standard InChI is InChI=1S/C8H11N3/c1-7(4-9)5-11-8(6-10)2-3-8/h4-5,9,11H,2-3H2,1H3/b7-5-,9-4?. The Bertz CT molecular complexity index is 230. The molecule has 0 heterocycles. The minimum Gasteiger partial charge on any atom is -0.373 e. The fourth-order valence-corrected chi connectivity index (χ4v) is 0.707. The van der Waals surface area contributed by atoms with Gasteiger partial charge in [0.2, 0.25) is 0 Å². The summed E-state index contributed by atoms with van der Waals surface area (Å²) in [5, 5.41) is 18.5. The van der Waals surface area contributed by atoms with Crippen LogP contribution in [0.25, 0.3) is 0 Å². The first-order valence-electron chi connectivity index (χ1n) is 3.59. The third kappa shape index (κ3) is 1.81. The monoisotopic (exact) mass is 149 g/mol. The van der Waals surface area contributed by atoms with Gasteiger partial charge >= 0.3 is 0 Å². The van der Waals surface area contributed by atoms with E-state index >= 15 is 0 Å². The van der Waals surface area contributed by atoms with Gasteiger partial charge in [-0.25, -0.2) is 0 Å². The Morgan fingerprint density at radius 1 is 1.73 bits per heavy atom. The van der Waals surface area contributed by atoms with Gasteiger partial charge in [-0.15, -0.1) is 0 Å². The van der Waals surface area contributed by atoms with Crippen molar-refractivity contribution in [2.24, 2.45) is 0 Å². The fourth-order valence-electron chi connectivity index (χ4n) is 0.707. The van der Waals surface area contributed by atoms with Gasteiger partial charge in [0.05, 0.1) is 6.07 Å². The quantitative estimate of drug-likeness (QED) is 0.592. The van der Waals surface area contributed by atoms with Crippen LogP contribution >= 0.6 is 0 Å². The van der Waals surface area contributed by atoms with E-state index in [1.165, 1.54) is 6.21 Å². The van der Waals surface area contributed by atoms with Crippen LogP contribution in [-0.2, 0) is 0 Å². The van der Waals surface area contributed by atoms with Crippen LogP contribution in [-0.4, -0.2) is 11.8 Å². The summed E-state index contributed by atoms with van der Waals surface area (Å²) in [7, 11) is 0. The highest BCUT2D eigenvalue weighted by atomic mass is 15.0. The molecule has 0 unspecified atom stereocenters. The van der Waals surface area contributed by atoms with Crippen molar-refractivity contribution in [3.8, 4) is 6.07 Å². The third-order valence-corrected chi connectivity index (χ3v) is 1.77. The summed E-state index contributed by atoms with van der Waals surface area (Å²) in [6.07, 6.45) is 4.83. The van der Waals surface area contributed by atoms with Gasteiger partial charge in [-0.05, 0) is 25.3 Å². The average molecular weight is 149 g/mol. The van der Waals surface area contributed by atoms with Crippen molar-refractivity contribution >= 4 is 6.21 Å². The van der Waals surface area contributed by atoms with Gasteiger partial charge in [-0.2, -0.15) is 5.26 Å². The number of rotatable bonds is 3. The summed E-state index contributed by atoms with van der Waals surface area (Å²) in [5.41, 5.74) is 0.538. The van der Waals surface area contributed by atoms with E-state index in [9.17, 15) is 0 Å². The first-order valence-corrected chi connectivity index (χ1v) is 3.59. The molecule has 0 spiro atoms. The van der Waals surface area contributed by atoms with Crippen LogP contribution in [0.4, 0.5) is 0 Å². The second-order valence-corrected chi connectivity index (χ2v) is 2.87. The molecule has 3 heteroatoms.